The highest BCUT2D eigenvalue weighted by Crippen LogP contribution is 2.43. The van der Waals surface area contributed by atoms with Gasteiger partial charge in [0.05, 0.1) is 5.92 Å². The van der Waals surface area contributed by atoms with Crippen LogP contribution in [-0.2, 0) is 16.1 Å². The highest BCUT2D eigenvalue weighted by Gasteiger charge is 2.37. The molecule has 114 valence electrons. The van der Waals surface area contributed by atoms with Crippen LogP contribution in [0.1, 0.15) is 24.3 Å². The fourth-order valence-electron chi connectivity index (χ4n) is 2.59. The molecule has 1 saturated carbocycles. The van der Waals surface area contributed by atoms with Crippen molar-refractivity contribution in [1.82, 2.24) is 9.78 Å². The molecule has 0 saturated heterocycles. The smallest absolute Gasteiger partial charge is 0.325 e. The van der Waals surface area contributed by atoms with E-state index in [-0.39, 0.29) is 18.4 Å². The van der Waals surface area contributed by atoms with E-state index in [0.29, 0.717) is 11.7 Å². The number of anilines is 1. The third-order valence-electron chi connectivity index (χ3n) is 3.72. The minimum atomic E-state index is -0.971. The summed E-state index contributed by atoms with van der Waals surface area (Å²) in [5.41, 5.74) is 1.01. The first kappa shape index (κ1) is 14.3. The molecule has 1 heterocycles. The SMILES string of the molecule is O=C(O)Cn1ccc(NC(=O)C(c2ccccc2)C2CC2)n1. The van der Waals surface area contributed by atoms with Crippen molar-refractivity contribution in [3.05, 3.63) is 48.2 Å². The van der Waals surface area contributed by atoms with Crippen LogP contribution in [0, 0.1) is 5.92 Å². The van der Waals surface area contributed by atoms with Crippen LogP contribution in [0.5, 0.6) is 0 Å². The quantitative estimate of drug-likeness (QED) is 0.855. The van der Waals surface area contributed by atoms with Crippen LogP contribution in [0.25, 0.3) is 0 Å². The Hall–Kier alpha value is -2.63. The van der Waals surface area contributed by atoms with Crippen LogP contribution in [0.3, 0.4) is 0 Å². The summed E-state index contributed by atoms with van der Waals surface area (Å²) in [4.78, 5) is 23.2. The van der Waals surface area contributed by atoms with E-state index >= 15 is 0 Å². The maximum Gasteiger partial charge on any atom is 0.325 e. The van der Waals surface area contributed by atoms with Crippen LogP contribution < -0.4 is 5.32 Å². The Kier molecular flexibility index (Phi) is 3.91. The number of carboxylic acid groups (broad SMARTS) is 1. The highest BCUT2D eigenvalue weighted by molar-refractivity contribution is 5.95. The number of hydrogen-bond donors (Lipinski definition) is 2. The molecule has 2 aromatic rings. The van der Waals surface area contributed by atoms with Crippen LogP contribution in [0.15, 0.2) is 42.6 Å². The topological polar surface area (TPSA) is 84.2 Å². The second kappa shape index (κ2) is 6.01. The summed E-state index contributed by atoms with van der Waals surface area (Å²) in [6.07, 6.45) is 3.65. The Balaban J connectivity index is 1.72. The number of carboxylic acids is 1. The van der Waals surface area contributed by atoms with Crippen molar-refractivity contribution in [2.24, 2.45) is 5.92 Å². The van der Waals surface area contributed by atoms with Gasteiger partial charge in [-0.1, -0.05) is 30.3 Å². The van der Waals surface area contributed by atoms with Crippen molar-refractivity contribution < 1.29 is 14.7 Å². The minimum absolute atomic E-state index is 0.0886. The number of carbonyl (C=O) groups is 2. The van der Waals surface area contributed by atoms with Gasteiger partial charge in [-0.2, -0.15) is 5.10 Å². The average molecular weight is 299 g/mol. The maximum atomic E-state index is 12.5. The predicted molar refractivity (Wildman–Crippen MR) is 80.4 cm³/mol. The van der Waals surface area contributed by atoms with Crippen molar-refractivity contribution in [3.8, 4) is 0 Å². The van der Waals surface area contributed by atoms with Gasteiger partial charge in [-0.15, -0.1) is 0 Å². The minimum Gasteiger partial charge on any atom is -0.480 e. The lowest BCUT2D eigenvalue weighted by Gasteiger charge is -2.15. The molecule has 22 heavy (non-hydrogen) atoms. The number of benzene rings is 1. The number of amides is 1. The van der Waals surface area contributed by atoms with Gasteiger partial charge >= 0.3 is 5.97 Å². The van der Waals surface area contributed by atoms with Gasteiger partial charge in [0.2, 0.25) is 5.91 Å². The van der Waals surface area contributed by atoms with Crippen molar-refractivity contribution >= 4 is 17.7 Å². The van der Waals surface area contributed by atoms with Crippen LogP contribution >= 0.6 is 0 Å². The molecule has 6 heteroatoms. The first-order chi connectivity index (χ1) is 10.6. The van der Waals surface area contributed by atoms with E-state index in [4.69, 9.17) is 5.11 Å². The number of nitrogens with zero attached hydrogens (tertiary/aromatic N) is 2. The number of hydrogen-bond acceptors (Lipinski definition) is 3. The van der Waals surface area contributed by atoms with Crippen molar-refractivity contribution in [1.29, 1.82) is 0 Å². The van der Waals surface area contributed by atoms with Gasteiger partial charge in [0.25, 0.3) is 0 Å². The monoisotopic (exact) mass is 299 g/mol. The molecule has 0 spiro atoms. The number of nitrogens with one attached hydrogen (secondary N) is 1. The summed E-state index contributed by atoms with van der Waals surface area (Å²) >= 11 is 0. The largest absolute Gasteiger partial charge is 0.480 e. The Labute approximate surface area is 127 Å². The Morgan fingerprint density at radius 2 is 2.00 bits per heavy atom. The molecule has 1 aromatic heterocycles. The van der Waals surface area contributed by atoms with E-state index < -0.39 is 5.97 Å². The van der Waals surface area contributed by atoms with Crippen molar-refractivity contribution in [2.75, 3.05) is 5.32 Å². The Morgan fingerprint density at radius 3 is 2.64 bits per heavy atom. The molecule has 1 aliphatic carbocycles. The lowest BCUT2D eigenvalue weighted by atomic mass is 9.93. The molecule has 1 amide bonds. The first-order valence-corrected chi connectivity index (χ1v) is 7.24. The molecule has 3 rings (SSSR count). The number of aliphatic carboxylic acids is 1. The van der Waals surface area contributed by atoms with E-state index in [2.05, 4.69) is 10.4 Å². The van der Waals surface area contributed by atoms with Gasteiger partial charge in [0.15, 0.2) is 5.82 Å². The predicted octanol–water partition coefficient (Wildman–Crippen LogP) is 2.10. The van der Waals surface area contributed by atoms with Gasteiger partial charge in [-0.3, -0.25) is 14.3 Å². The molecular formula is C16H17N3O3. The summed E-state index contributed by atoms with van der Waals surface area (Å²) in [6, 6.07) is 11.3. The van der Waals surface area contributed by atoms with E-state index in [9.17, 15) is 9.59 Å². The van der Waals surface area contributed by atoms with Crippen LogP contribution in [0.2, 0.25) is 0 Å². The fourth-order valence-corrected chi connectivity index (χ4v) is 2.59. The molecule has 6 nitrogen and oxygen atoms in total. The van der Waals surface area contributed by atoms with Crippen LogP contribution in [0.4, 0.5) is 5.82 Å². The standard InChI is InChI=1S/C16H17N3O3/c20-14(21)10-19-9-8-13(18-19)17-16(22)15(12-6-7-12)11-4-2-1-3-5-11/h1-5,8-9,12,15H,6-7,10H2,(H,20,21)(H,17,18,22). The Bertz CT molecular complexity index is 677. The molecule has 2 N–H and O–H groups in total. The second-order valence-electron chi connectivity index (χ2n) is 5.51. The molecular weight excluding hydrogens is 282 g/mol. The molecule has 0 radical (unpaired) electrons. The zero-order valence-corrected chi connectivity index (χ0v) is 12.0. The molecule has 0 aliphatic heterocycles. The number of rotatable bonds is 6. The maximum absolute atomic E-state index is 12.5. The summed E-state index contributed by atoms with van der Waals surface area (Å²) in [5.74, 6) is -0.474. The van der Waals surface area contributed by atoms with E-state index in [0.717, 1.165) is 18.4 Å². The lowest BCUT2D eigenvalue weighted by Crippen LogP contribution is -2.23. The van der Waals surface area contributed by atoms with E-state index in [1.165, 1.54) is 4.68 Å². The second-order valence-corrected chi connectivity index (χ2v) is 5.51. The molecule has 1 unspecified atom stereocenters. The van der Waals surface area contributed by atoms with Gasteiger partial charge in [-0.25, -0.2) is 0 Å². The van der Waals surface area contributed by atoms with Gasteiger partial charge in [0, 0.05) is 12.3 Å². The van der Waals surface area contributed by atoms with Crippen molar-refractivity contribution in [3.63, 3.8) is 0 Å². The van der Waals surface area contributed by atoms with Gasteiger partial charge in [0.1, 0.15) is 6.54 Å². The summed E-state index contributed by atoms with van der Waals surface area (Å²) < 4.78 is 1.28. The Morgan fingerprint density at radius 1 is 1.27 bits per heavy atom. The van der Waals surface area contributed by atoms with Gasteiger partial charge < -0.3 is 10.4 Å². The molecule has 1 atom stereocenters. The van der Waals surface area contributed by atoms with E-state index in [1.807, 2.05) is 30.3 Å². The number of carbonyl (C=O) groups excluding carboxylic acids is 1. The summed E-state index contributed by atoms with van der Waals surface area (Å²) in [6.45, 7) is -0.222. The molecule has 0 bridgehead atoms. The summed E-state index contributed by atoms with van der Waals surface area (Å²) in [5, 5.41) is 15.6. The van der Waals surface area contributed by atoms with E-state index in [1.54, 1.807) is 12.3 Å². The molecule has 1 fully saturated rings. The van der Waals surface area contributed by atoms with Gasteiger partial charge in [-0.05, 0) is 24.3 Å². The van der Waals surface area contributed by atoms with Crippen molar-refractivity contribution in [2.45, 2.75) is 25.3 Å². The zero-order valence-electron chi connectivity index (χ0n) is 12.0. The third kappa shape index (κ3) is 3.33. The third-order valence-corrected chi connectivity index (χ3v) is 3.72. The normalized spacial score (nSPS) is 15.3. The summed E-state index contributed by atoms with van der Waals surface area (Å²) in [7, 11) is 0. The molecule has 1 aliphatic rings. The number of aromatic nitrogens is 2. The first-order valence-electron chi connectivity index (χ1n) is 7.24. The lowest BCUT2D eigenvalue weighted by molar-refractivity contribution is -0.137. The zero-order chi connectivity index (χ0) is 15.5. The van der Waals surface area contributed by atoms with Crippen LogP contribution in [-0.4, -0.2) is 26.8 Å². The molecule has 1 aromatic carbocycles. The fraction of sp³-hybridized carbons (Fsp3) is 0.312. The average Bonchev–Trinajstić information content (AvgIpc) is 3.21. The highest BCUT2D eigenvalue weighted by atomic mass is 16.4.